The van der Waals surface area contributed by atoms with Crippen LogP contribution in [-0.2, 0) is 7.05 Å². The Morgan fingerprint density at radius 1 is 1.64 bits per heavy atom. The van der Waals surface area contributed by atoms with E-state index in [4.69, 9.17) is 0 Å². The summed E-state index contributed by atoms with van der Waals surface area (Å²) in [7, 11) is 1.82. The lowest BCUT2D eigenvalue weighted by molar-refractivity contribution is 0.0947. The van der Waals surface area contributed by atoms with Crippen LogP contribution in [0.25, 0.3) is 0 Å². The molecule has 0 aliphatic heterocycles. The van der Waals surface area contributed by atoms with Gasteiger partial charge >= 0.3 is 0 Å². The Balaban J connectivity index is 2.85. The van der Waals surface area contributed by atoms with Crippen molar-refractivity contribution in [3.05, 3.63) is 15.9 Å². The average Bonchev–Trinajstić information content (AvgIpc) is 2.42. The van der Waals surface area contributed by atoms with Crippen molar-refractivity contribution in [3.8, 4) is 0 Å². The molecule has 0 spiro atoms. The summed E-state index contributed by atoms with van der Waals surface area (Å²) in [5, 5.41) is 6.91. The molecular formula is C9H14BrN3O. The predicted octanol–water partition coefficient (Wildman–Crippen LogP) is 1.63. The molecule has 0 saturated carbocycles. The minimum atomic E-state index is -0.123. The van der Waals surface area contributed by atoms with E-state index < -0.39 is 0 Å². The Kier molecular flexibility index (Phi) is 3.69. The van der Waals surface area contributed by atoms with Crippen molar-refractivity contribution in [1.29, 1.82) is 0 Å². The van der Waals surface area contributed by atoms with E-state index in [9.17, 15) is 4.79 Å². The second-order valence-electron chi connectivity index (χ2n) is 3.13. The monoisotopic (exact) mass is 259 g/mol. The van der Waals surface area contributed by atoms with Crippen LogP contribution < -0.4 is 5.32 Å². The summed E-state index contributed by atoms with van der Waals surface area (Å²) in [5.74, 6) is -0.123. The first-order chi connectivity index (χ1) is 6.57. The summed E-state index contributed by atoms with van der Waals surface area (Å²) in [4.78, 5) is 11.6. The largest absolute Gasteiger partial charge is 0.351 e. The van der Waals surface area contributed by atoms with E-state index in [0.29, 0.717) is 12.2 Å². The number of rotatable bonds is 3. The second kappa shape index (κ2) is 4.59. The third kappa shape index (κ3) is 2.15. The maximum Gasteiger partial charge on any atom is 0.272 e. The van der Waals surface area contributed by atoms with E-state index in [0.717, 1.165) is 16.6 Å². The minimum absolute atomic E-state index is 0.123. The van der Waals surface area contributed by atoms with Crippen LogP contribution in [0.1, 0.15) is 29.5 Å². The summed E-state index contributed by atoms with van der Waals surface area (Å²) >= 11 is 3.35. The molecule has 4 nitrogen and oxygen atoms in total. The van der Waals surface area contributed by atoms with Crippen LogP contribution in [-0.4, -0.2) is 22.2 Å². The highest BCUT2D eigenvalue weighted by Gasteiger charge is 2.16. The van der Waals surface area contributed by atoms with Gasteiger partial charge in [0.25, 0.3) is 5.91 Å². The van der Waals surface area contributed by atoms with Gasteiger partial charge in [-0.2, -0.15) is 5.10 Å². The molecule has 1 heterocycles. The summed E-state index contributed by atoms with van der Waals surface area (Å²) in [6.45, 7) is 4.60. The fraction of sp³-hybridized carbons (Fsp3) is 0.556. The first-order valence-electron chi connectivity index (χ1n) is 4.55. The zero-order valence-electron chi connectivity index (χ0n) is 8.59. The van der Waals surface area contributed by atoms with Crippen LogP contribution in [0.5, 0.6) is 0 Å². The Labute approximate surface area is 91.8 Å². The topological polar surface area (TPSA) is 46.9 Å². The van der Waals surface area contributed by atoms with Gasteiger partial charge in [0.1, 0.15) is 0 Å². The number of hydrogen-bond acceptors (Lipinski definition) is 2. The Hall–Kier alpha value is -0.840. The van der Waals surface area contributed by atoms with Crippen molar-refractivity contribution in [2.24, 2.45) is 7.05 Å². The van der Waals surface area contributed by atoms with Gasteiger partial charge in [0, 0.05) is 13.6 Å². The Morgan fingerprint density at radius 2 is 2.29 bits per heavy atom. The third-order valence-electron chi connectivity index (χ3n) is 2.01. The van der Waals surface area contributed by atoms with Crippen molar-refractivity contribution in [1.82, 2.24) is 15.1 Å². The van der Waals surface area contributed by atoms with E-state index in [-0.39, 0.29) is 5.91 Å². The van der Waals surface area contributed by atoms with Crippen LogP contribution in [0.3, 0.4) is 0 Å². The van der Waals surface area contributed by atoms with E-state index in [1.165, 1.54) is 0 Å². The number of halogens is 1. The second-order valence-corrected chi connectivity index (χ2v) is 3.92. The number of amides is 1. The molecule has 14 heavy (non-hydrogen) atoms. The fourth-order valence-corrected chi connectivity index (χ4v) is 1.57. The SMILES string of the molecule is CCCNC(=O)c1nn(C)c(C)c1Br. The zero-order chi connectivity index (χ0) is 10.7. The molecule has 0 aromatic carbocycles. The molecule has 1 amide bonds. The molecular weight excluding hydrogens is 246 g/mol. The number of hydrogen-bond donors (Lipinski definition) is 1. The average molecular weight is 260 g/mol. The molecule has 78 valence electrons. The lowest BCUT2D eigenvalue weighted by Crippen LogP contribution is -2.24. The van der Waals surface area contributed by atoms with Gasteiger partial charge in [-0.05, 0) is 29.3 Å². The van der Waals surface area contributed by atoms with Crippen molar-refractivity contribution >= 4 is 21.8 Å². The number of carbonyl (C=O) groups excluding carboxylic acids is 1. The maximum atomic E-state index is 11.6. The summed E-state index contributed by atoms with van der Waals surface area (Å²) < 4.78 is 2.46. The first-order valence-corrected chi connectivity index (χ1v) is 5.34. The third-order valence-corrected chi connectivity index (χ3v) is 2.96. The predicted molar refractivity (Wildman–Crippen MR) is 58.3 cm³/mol. The van der Waals surface area contributed by atoms with Crippen molar-refractivity contribution in [2.75, 3.05) is 6.54 Å². The van der Waals surface area contributed by atoms with E-state index >= 15 is 0 Å². The molecule has 0 atom stereocenters. The number of nitrogens with one attached hydrogen (secondary N) is 1. The molecule has 5 heteroatoms. The van der Waals surface area contributed by atoms with Crippen LogP contribution >= 0.6 is 15.9 Å². The Morgan fingerprint density at radius 3 is 2.71 bits per heavy atom. The van der Waals surface area contributed by atoms with Gasteiger partial charge in [-0.1, -0.05) is 6.92 Å². The molecule has 0 radical (unpaired) electrons. The smallest absolute Gasteiger partial charge is 0.272 e. The standard InChI is InChI=1S/C9H14BrN3O/c1-4-5-11-9(14)8-7(10)6(2)13(3)12-8/h4-5H2,1-3H3,(H,11,14). The van der Waals surface area contributed by atoms with Gasteiger partial charge in [0.2, 0.25) is 0 Å². The van der Waals surface area contributed by atoms with Crippen LogP contribution in [0, 0.1) is 6.92 Å². The lowest BCUT2D eigenvalue weighted by atomic mass is 10.3. The normalized spacial score (nSPS) is 10.3. The molecule has 0 aliphatic carbocycles. The lowest BCUT2D eigenvalue weighted by Gasteiger charge is -1.99. The van der Waals surface area contributed by atoms with Gasteiger partial charge in [0.15, 0.2) is 5.69 Å². The summed E-state index contributed by atoms with van der Waals surface area (Å²) in [6, 6.07) is 0. The molecule has 0 fully saturated rings. The highest BCUT2D eigenvalue weighted by atomic mass is 79.9. The van der Waals surface area contributed by atoms with Gasteiger partial charge in [-0.15, -0.1) is 0 Å². The van der Waals surface area contributed by atoms with Gasteiger partial charge in [-0.25, -0.2) is 0 Å². The molecule has 1 N–H and O–H groups in total. The summed E-state index contributed by atoms with van der Waals surface area (Å²) in [6.07, 6.45) is 0.926. The van der Waals surface area contributed by atoms with Gasteiger partial charge in [0.05, 0.1) is 10.2 Å². The highest BCUT2D eigenvalue weighted by Crippen LogP contribution is 2.19. The van der Waals surface area contributed by atoms with Crippen molar-refractivity contribution < 1.29 is 4.79 Å². The Bertz CT molecular complexity index is 346. The quantitative estimate of drug-likeness (QED) is 0.897. The van der Waals surface area contributed by atoms with Crippen LogP contribution in [0.2, 0.25) is 0 Å². The molecule has 1 rings (SSSR count). The molecule has 1 aromatic rings. The van der Waals surface area contributed by atoms with Crippen LogP contribution in [0.15, 0.2) is 4.47 Å². The molecule has 0 saturated heterocycles. The number of aryl methyl sites for hydroxylation is 1. The molecule has 0 bridgehead atoms. The van der Waals surface area contributed by atoms with Crippen molar-refractivity contribution in [3.63, 3.8) is 0 Å². The zero-order valence-corrected chi connectivity index (χ0v) is 10.2. The number of carbonyl (C=O) groups is 1. The molecule has 0 unspecified atom stereocenters. The molecule has 0 aliphatic rings. The van der Waals surface area contributed by atoms with E-state index in [2.05, 4.69) is 26.3 Å². The van der Waals surface area contributed by atoms with Gasteiger partial charge in [-0.3, -0.25) is 9.48 Å². The van der Waals surface area contributed by atoms with Gasteiger partial charge < -0.3 is 5.32 Å². The van der Waals surface area contributed by atoms with E-state index in [1.54, 1.807) is 4.68 Å². The first kappa shape index (κ1) is 11.2. The summed E-state index contributed by atoms with van der Waals surface area (Å²) in [5.41, 5.74) is 1.41. The van der Waals surface area contributed by atoms with Crippen LogP contribution in [0.4, 0.5) is 0 Å². The fourth-order valence-electron chi connectivity index (χ4n) is 1.05. The minimum Gasteiger partial charge on any atom is -0.351 e. The molecule has 1 aromatic heterocycles. The van der Waals surface area contributed by atoms with Crippen molar-refractivity contribution in [2.45, 2.75) is 20.3 Å². The number of aromatic nitrogens is 2. The number of nitrogens with zero attached hydrogens (tertiary/aromatic N) is 2. The highest BCUT2D eigenvalue weighted by molar-refractivity contribution is 9.10. The van der Waals surface area contributed by atoms with E-state index in [1.807, 2.05) is 20.9 Å². The maximum absolute atomic E-state index is 11.6.